The molecule has 1 aliphatic heterocycles. The van der Waals surface area contributed by atoms with Gasteiger partial charge in [-0.2, -0.15) is 26.3 Å². The van der Waals surface area contributed by atoms with Crippen molar-refractivity contribution in [2.45, 2.75) is 44.6 Å². The van der Waals surface area contributed by atoms with E-state index in [-0.39, 0.29) is 43.1 Å². The van der Waals surface area contributed by atoms with Gasteiger partial charge in [0, 0.05) is 12.5 Å². The van der Waals surface area contributed by atoms with E-state index < -0.39 is 47.1 Å². The van der Waals surface area contributed by atoms with Crippen molar-refractivity contribution in [1.29, 1.82) is 0 Å². The summed E-state index contributed by atoms with van der Waals surface area (Å²) in [7, 11) is 0. The number of ether oxygens (including phenoxy) is 1. The van der Waals surface area contributed by atoms with E-state index in [1.165, 1.54) is 24.0 Å². The number of cyclic esters (lactones) is 1. The first-order valence-electron chi connectivity index (χ1n) is 12.6. The predicted octanol–water partition coefficient (Wildman–Crippen LogP) is 7.17. The van der Waals surface area contributed by atoms with Gasteiger partial charge in [0.2, 0.25) is 5.91 Å². The van der Waals surface area contributed by atoms with Crippen molar-refractivity contribution in [3.8, 4) is 11.1 Å². The predicted molar refractivity (Wildman–Crippen MR) is 137 cm³/mol. The molecule has 1 N–H and O–H groups in total. The normalized spacial score (nSPS) is 15.7. The minimum Gasteiger partial charge on any atom is -0.442 e. The quantitative estimate of drug-likeness (QED) is 0.287. The fourth-order valence-electron chi connectivity index (χ4n) is 4.59. The molecule has 0 aromatic heterocycles. The Hall–Kier alpha value is -4.09. The number of halogens is 7. The fourth-order valence-corrected chi connectivity index (χ4v) is 4.59. The maximum atomic E-state index is 15.0. The van der Waals surface area contributed by atoms with Gasteiger partial charge in [0.1, 0.15) is 11.9 Å². The van der Waals surface area contributed by atoms with Gasteiger partial charge >= 0.3 is 18.4 Å². The Balaban J connectivity index is 1.40. The summed E-state index contributed by atoms with van der Waals surface area (Å²) in [6.07, 6.45) is -10.5. The third-order valence-corrected chi connectivity index (χ3v) is 6.63. The van der Waals surface area contributed by atoms with Gasteiger partial charge < -0.3 is 10.1 Å². The average Bonchev–Trinajstić information content (AvgIpc) is 3.27. The lowest BCUT2D eigenvalue weighted by molar-refractivity contribution is -0.141. The first-order chi connectivity index (χ1) is 19.2. The van der Waals surface area contributed by atoms with Crippen molar-refractivity contribution in [2.75, 3.05) is 18.0 Å². The molecule has 3 aromatic rings. The van der Waals surface area contributed by atoms with Crippen LogP contribution in [0.4, 0.5) is 41.2 Å². The Morgan fingerprint density at radius 2 is 1.66 bits per heavy atom. The van der Waals surface area contributed by atoms with Crippen molar-refractivity contribution < 1.29 is 45.1 Å². The number of nitrogens with one attached hydrogen (secondary N) is 1. The van der Waals surface area contributed by atoms with Crippen LogP contribution in [0.25, 0.3) is 11.1 Å². The topological polar surface area (TPSA) is 58.6 Å². The van der Waals surface area contributed by atoms with Gasteiger partial charge in [0.25, 0.3) is 0 Å². The molecule has 0 aliphatic carbocycles. The Bertz CT molecular complexity index is 1420. The van der Waals surface area contributed by atoms with Crippen LogP contribution in [0.3, 0.4) is 0 Å². The minimum absolute atomic E-state index is 0.133. The molecule has 0 spiro atoms. The van der Waals surface area contributed by atoms with E-state index in [1.807, 2.05) is 0 Å². The standard InChI is InChI=1S/C29H25F7N2O3/c1-17(39)37-15-23-16-38(27(40)41-23)22-10-11-24(26(30)14-22)19-7-5-18(6-8-19)3-2-4-20-13-21(28(31,32)33)9-12-25(20)29(34,35)36/h5-14,23H,2-4,15-16H2,1H3,(H,37,39)/t23-/m0/s1. The van der Waals surface area contributed by atoms with Gasteiger partial charge in [-0.1, -0.05) is 24.3 Å². The second kappa shape index (κ2) is 11.8. The van der Waals surface area contributed by atoms with E-state index in [0.29, 0.717) is 30.2 Å². The number of carbonyl (C=O) groups is 2. The molecule has 5 nitrogen and oxygen atoms in total. The lowest BCUT2D eigenvalue weighted by atomic mass is 9.96. The SMILES string of the molecule is CC(=O)NC[C@H]1CN(c2ccc(-c3ccc(CCCc4cc(C(F)(F)F)ccc4C(F)(F)F)cc3)c(F)c2)C(=O)O1. The largest absolute Gasteiger partial charge is 0.442 e. The van der Waals surface area contributed by atoms with E-state index >= 15 is 4.39 Å². The molecule has 12 heteroatoms. The number of carbonyl (C=O) groups excluding carboxylic acids is 2. The maximum Gasteiger partial charge on any atom is 0.416 e. The van der Waals surface area contributed by atoms with Crippen LogP contribution in [0.2, 0.25) is 0 Å². The summed E-state index contributed by atoms with van der Waals surface area (Å²) in [6, 6.07) is 12.3. The van der Waals surface area contributed by atoms with E-state index in [0.717, 1.165) is 5.56 Å². The van der Waals surface area contributed by atoms with Crippen LogP contribution < -0.4 is 10.2 Å². The number of anilines is 1. The third kappa shape index (κ3) is 7.36. The summed E-state index contributed by atoms with van der Waals surface area (Å²) in [6.45, 7) is 1.61. The van der Waals surface area contributed by atoms with Crippen LogP contribution in [-0.2, 0) is 34.7 Å². The van der Waals surface area contributed by atoms with E-state index in [2.05, 4.69) is 5.32 Å². The molecule has 1 fully saturated rings. The third-order valence-electron chi connectivity index (χ3n) is 6.63. The number of alkyl halides is 6. The molecule has 218 valence electrons. The van der Waals surface area contributed by atoms with Crippen LogP contribution in [-0.4, -0.2) is 31.2 Å². The fraction of sp³-hybridized carbons (Fsp3) is 0.310. The molecule has 4 rings (SSSR count). The van der Waals surface area contributed by atoms with Gasteiger partial charge in [-0.05, 0) is 72.4 Å². The molecule has 1 saturated heterocycles. The first kappa shape index (κ1) is 29.9. The Kier molecular flexibility index (Phi) is 8.60. The molecule has 41 heavy (non-hydrogen) atoms. The molecule has 1 heterocycles. The van der Waals surface area contributed by atoms with Gasteiger partial charge in [-0.25, -0.2) is 9.18 Å². The van der Waals surface area contributed by atoms with Crippen LogP contribution in [0.1, 0.15) is 35.6 Å². The number of amides is 2. The number of nitrogens with zero attached hydrogens (tertiary/aromatic N) is 1. The van der Waals surface area contributed by atoms with Crippen molar-refractivity contribution in [2.24, 2.45) is 0 Å². The first-order valence-corrected chi connectivity index (χ1v) is 12.6. The van der Waals surface area contributed by atoms with Gasteiger partial charge in [0.05, 0.1) is 29.9 Å². The average molecular weight is 583 g/mol. The highest BCUT2D eigenvalue weighted by molar-refractivity contribution is 5.90. The van der Waals surface area contributed by atoms with Gasteiger partial charge in [-0.3, -0.25) is 9.69 Å². The van der Waals surface area contributed by atoms with Crippen LogP contribution in [0.15, 0.2) is 60.7 Å². The summed E-state index contributed by atoms with van der Waals surface area (Å²) >= 11 is 0. The van der Waals surface area contributed by atoms with Crippen molar-refractivity contribution in [3.05, 3.63) is 88.7 Å². The summed E-state index contributed by atoms with van der Waals surface area (Å²) in [4.78, 5) is 24.5. The second-order valence-corrected chi connectivity index (χ2v) is 9.64. The molecule has 1 aliphatic rings. The second-order valence-electron chi connectivity index (χ2n) is 9.64. The zero-order valence-electron chi connectivity index (χ0n) is 21.7. The smallest absolute Gasteiger partial charge is 0.416 e. The molecule has 0 bridgehead atoms. The van der Waals surface area contributed by atoms with Crippen LogP contribution in [0, 0.1) is 5.82 Å². The highest BCUT2D eigenvalue weighted by Crippen LogP contribution is 2.37. The zero-order chi connectivity index (χ0) is 29.9. The van der Waals surface area contributed by atoms with E-state index in [4.69, 9.17) is 4.74 Å². The lowest BCUT2D eigenvalue weighted by Gasteiger charge is -2.16. The summed E-state index contributed by atoms with van der Waals surface area (Å²) < 4.78 is 99.3. The summed E-state index contributed by atoms with van der Waals surface area (Å²) in [5, 5.41) is 2.56. The molecule has 2 amide bonds. The van der Waals surface area contributed by atoms with Gasteiger partial charge in [-0.15, -0.1) is 0 Å². The Morgan fingerprint density at radius 3 is 2.27 bits per heavy atom. The number of aryl methyl sites for hydroxylation is 2. The molecule has 0 unspecified atom stereocenters. The van der Waals surface area contributed by atoms with Gasteiger partial charge in [0.15, 0.2) is 0 Å². The molecule has 0 saturated carbocycles. The number of benzene rings is 3. The molecular weight excluding hydrogens is 557 g/mol. The summed E-state index contributed by atoms with van der Waals surface area (Å²) in [5.74, 6) is -0.871. The molecule has 0 radical (unpaired) electrons. The van der Waals surface area contributed by atoms with Crippen LogP contribution in [0.5, 0.6) is 0 Å². The molecule has 1 atom stereocenters. The Labute approximate surface area is 230 Å². The maximum absolute atomic E-state index is 15.0. The molecular formula is C29H25F7N2O3. The zero-order valence-corrected chi connectivity index (χ0v) is 21.7. The highest BCUT2D eigenvalue weighted by Gasteiger charge is 2.37. The van der Waals surface area contributed by atoms with Crippen molar-refractivity contribution in [3.63, 3.8) is 0 Å². The molecule has 3 aromatic carbocycles. The van der Waals surface area contributed by atoms with E-state index in [1.54, 1.807) is 30.3 Å². The highest BCUT2D eigenvalue weighted by atomic mass is 19.4. The Morgan fingerprint density at radius 1 is 0.951 bits per heavy atom. The van der Waals surface area contributed by atoms with Crippen molar-refractivity contribution in [1.82, 2.24) is 5.32 Å². The lowest BCUT2D eigenvalue weighted by Crippen LogP contribution is -2.33. The van der Waals surface area contributed by atoms with Crippen molar-refractivity contribution >= 4 is 17.7 Å². The van der Waals surface area contributed by atoms with Crippen LogP contribution >= 0.6 is 0 Å². The minimum atomic E-state index is -4.77. The monoisotopic (exact) mass is 582 g/mol. The number of rotatable bonds is 8. The van der Waals surface area contributed by atoms with E-state index in [9.17, 15) is 35.9 Å². The number of hydrogen-bond acceptors (Lipinski definition) is 3. The number of hydrogen-bond donors (Lipinski definition) is 1. The summed E-state index contributed by atoms with van der Waals surface area (Å²) in [5.41, 5.74) is -0.879.